The Labute approximate surface area is 123 Å². The Kier molecular flexibility index (Phi) is 8.39. The van der Waals surface area contributed by atoms with E-state index in [-0.39, 0.29) is 18.6 Å². The SMILES string of the molecule is C.CCC(CC)CC(C)N=C1NC(=O)C(C(C)C)S1. The average molecular weight is 286 g/mol. The molecule has 0 aromatic heterocycles. The smallest absolute Gasteiger partial charge is 0.239 e. The number of nitrogens with one attached hydrogen (secondary N) is 1. The van der Waals surface area contributed by atoms with E-state index in [1.54, 1.807) is 11.8 Å². The number of thioether (sulfide) groups is 1. The Morgan fingerprint density at radius 2 is 1.84 bits per heavy atom. The topological polar surface area (TPSA) is 41.5 Å². The summed E-state index contributed by atoms with van der Waals surface area (Å²) in [7, 11) is 0. The Balaban J connectivity index is 0.00000324. The zero-order chi connectivity index (χ0) is 13.7. The van der Waals surface area contributed by atoms with E-state index in [9.17, 15) is 4.79 Å². The van der Waals surface area contributed by atoms with Gasteiger partial charge < -0.3 is 5.32 Å². The largest absolute Gasteiger partial charge is 0.304 e. The van der Waals surface area contributed by atoms with Crippen molar-refractivity contribution < 1.29 is 4.79 Å². The summed E-state index contributed by atoms with van der Waals surface area (Å²) < 4.78 is 0. The molecule has 112 valence electrons. The van der Waals surface area contributed by atoms with Gasteiger partial charge in [0.1, 0.15) is 0 Å². The van der Waals surface area contributed by atoms with Crippen LogP contribution in [0.25, 0.3) is 0 Å². The molecular weight excluding hydrogens is 256 g/mol. The summed E-state index contributed by atoms with van der Waals surface area (Å²) in [6, 6.07) is 0.295. The van der Waals surface area contributed by atoms with Gasteiger partial charge in [-0.2, -0.15) is 0 Å². The number of rotatable bonds is 6. The first-order valence-electron chi connectivity index (χ1n) is 7.03. The van der Waals surface area contributed by atoms with Gasteiger partial charge in [0.25, 0.3) is 0 Å². The molecule has 0 bridgehead atoms. The van der Waals surface area contributed by atoms with E-state index in [1.165, 1.54) is 12.8 Å². The van der Waals surface area contributed by atoms with Gasteiger partial charge in [-0.3, -0.25) is 9.79 Å². The van der Waals surface area contributed by atoms with E-state index in [0.29, 0.717) is 12.0 Å². The third-order valence-electron chi connectivity index (χ3n) is 3.50. The predicted octanol–water partition coefficient (Wildman–Crippen LogP) is 4.08. The maximum atomic E-state index is 11.7. The Morgan fingerprint density at radius 3 is 2.26 bits per heavy atom. The molecule has 1 amide bonds. The molecule has 0 spiro atoms. The first kappa shape index (κ1) is 18.5. The molecular formula is C15H30N2OS. The lowest BCUT2D eigenvalue weighted by Gasteiger charge is -2.15. The average Bonchev–Trinajstić information content (AvgIpc) is 2.67. The molecule has 19 heavy (non-hydrogen) atoms. The van der Waals surface area contributed by atoms with Gasteiger partial charge in [0.2, 0.25) is 5.91 Å². The number of amides is 1. The maximum Gasteiger partial charge on any atom is 0.239 e. The van der Waals surface area contributed by atoms with Gasteiger partial charge in [0.05, 0.1) is 11.3 Å². The number of hydrogen-bond acceptors (Lipinski definition) is 3. The summed E-state index contributed by atoms with van der Waals surface area (Å²) in [5.74, 6) is 1.22. The number of hydrogen-bond donors (Lipinski definition) is 1. The van der Waals surface area contributed by atoms with Crippen molar-refractivity contribution in [3.8, 4) is 0 Å². The van der Waals surface area contributed by atoms with Crippen LogP contribution in [0.4, 0.5) is 0 Å². The highest BCUT2D eigenvalue weighted by Gasteiger charge is 2.32. The lowest BCUT2D eigenvalue weighted by molar-refractivity contribution is -0.119. The van der Waals surface area contributed by atoms with E-state index < -0.39 is 0 Å². The number of aliphatic imine (C=N–C) groups is 1. The molecule has 0 aliphatic carbocycles. The van der Waals surface area contributed by atoms with Crippen molar-refractivity contribution in [3.05, 3.63) is 0 Å². The highest BCUT2D eigenvalue weighted by molar-refractivity contribution is 8.15. The summed E-state index contributed by atoms with van der Waals surface area (Å²) in [5, 5.41) is 3.75. The van der Waals surface area contributed by atoms with Crippen LogP contribution in [0.3, 0.4) is 0 Å². The lowest BCUT2D eigenvalue weighted by Crippen LogP contribution is -2.28. The summed E-state index contributed by atoms with van der Waals surface area (Å²) in [6.45, 7) is 10.8. The Bertz CT molecular complexity index is 311. The molecule has 1 N–H and O–H groups in total. The van der Waals surface area contributed by atoms with Gasteiger partial charge in [0, 0.05) is 0 Å². The molecule has 2 unspecified atom stereocenters. The highest BCUT2D eigenvalue weighted by atomic mass is 32.2. The van der Waals surface area contributed by atoms with Gasteiger partial charge in [-0.15, -0.1) is 0 Å². The van der Waals surface area contributed by atoms with Crippen LogP contribution < -0.4 is 5.32 Å². The molecule has 4 heteroatoms. The van der Waals surface area contributed by atoms with E-state index in [1.807, 2.05) is 0 Å². The predicted molar refractivity (Wildman–Crippen MR) is 86.7 cm³/mol. The zero-order valence-electron chi connectivity index (χ0n) is 12.2. The summed E-state index contributed by atoms with van der Waals surface area (Å²) >= 11 is 1.59. The maximum absolute atomic E-state index is 11.7. The Hall–Kier alpha value is -0.510. The van der Waals surface area contributed by atoms with E-state index in [0.717, 1.165) is 17.5 Å². The fourth-order valence-electron chi connectivity index (χ4n) is 2.24. The van der Waals surface area contributed by atoms with Crippen molar-refractivity contribution in [1.29, 1.82) is 0 Å². The van der Waals surface area contributed by atoms with Crippen LogP contribution in [-0.4, -0.2) is 22.4 Å². The third kappa shape index (κ3) is 5.55. The van der Waals surface area contributed by atoms with Crippen LogP contribution in [0.5, 0.6) is 0 Å². The van der Waals surface area contributed by atoms with Crippen LogP contribution in [0, 0.1) is 11.8 Å². The molecule has 0 aromatic rings. The van der Waals surface area contributed by atoms with Crippen LogP contribution in [-0.2, 0) is 4.79 Å². The normalized spacial score (nSPS) is 22.8. The second-order valence-corrected chi connectivity index (χ2v) is 6.60. The van der Waals surface area contributed by atoms with E-state index >= 15 is 0 Å². The second-order valence-electron chi connectivity index (χ2n) is 5.47. The minimum absolute atomic E-state index is 0. The lowest BCUT2D eigenvalue weighted by atomic mass is 9.96. The molecule has 0 radical (unpaired) electrons. The summed E-state index contributed by atoms with van der Waals surface area (Å²) in [5.41, 5.74) is 0. The van der Waals surface area contributed by atoms with Gasteiger partial charge in [0.15, 0.2) is 5.17 Å². The fraction of sp³-hybridized carbons (Fsp3) is 0.867. The minimum atomic E-state index is 0. The first-order valence-corrected chi connectivity index (χ1v) is 7.91. The van der Waals surface area contributed by atoms with Crippen molar-refractivity contribution >= 4 is 22.8 Å². The molecule has 0 saturated carbocycles. The fourth-order valence-corrected chi connectivity index (χ4v) is 3.32. The number of nitrogens with zero attached hydrogens (tertiary/aromatic N) is 1. The van der Waals surface area contributed by atoms with Crippen molar-refractivity contribution in [2.24, 2.45) is 16.8 Å². The molecule has 2 atom stereocenters. The molecule has 1 heterocycles. The van der Waals surface area contributed by atoms with Crippen molar-refractivity contribution in [2.45, 2.75) is 72.6 Å². The van der Waals surface area contributed by atoms with Gasteiger partial charge in [-0.25, -0.2) is 0 Å². The van der Waals surface area contributed by atoms with E-state index in [4.69, 9.17) is 0 Å². The second kappa shape index (κ2) is 8.62. The number of carbonyl (C=O) groups is 1. The number of carbonyl (C=O) groups excluding carboxylic acids is 1. The number of amidine groups is 1. The van der Waals surface area contributed by atoms with Crippen LogP contribution >= 0.6 is 11.8 Å². The van der Waals surface area contributed by atoms with Crippen molar-refractivity contribution in [2.75, 3.05) is 0 Å². The highest BCUT2D eigenvalue weighted by Crippen LogP contribution is 2.27. The Morgan fingerprint density at radius 1 is 1.26 bits per heavy atom. The van der Waals surface area contributed by atoms with E-state index in [2.05, 4.69) is 44.9 Å². The van der Waals surface area contributed by atoms with Crippen molar-refractivity contribution in [3.63, 3.8) is 0 Å². The molecule has 1 rings (SSSR count). The van der Waals surface area contributed by atoms with Gasteiger partial charge in [-0.05, 0) is 25.2 Å². The van der Waals surface area contributed by atoms with Gasteiger partial charge in [-0.1, -0.05) is 59.7 Å². The van der Waals surface area contributed by atoms with Gasteiger partial charge >= 0.3 is 0 Å². The quantitative estimate of drug-likeness (QED) is 0.799. The van der Waals surface area contributed by atoms with Crippen LogP contribution in [0.15, 0.2) is 4.99 Å². The summed E-state index contributed by atoms with van der Waals surface area (Å²) in [4.78, 5) is 16.4. The monoisotopic (exact) mass is 286 g/mol. The van der Waals surface area contributed by atoms with Crippen molar-refractivity contribution in [1.82, 2.24) is 5.32 Å². The van der Waals surface area contributed by atoms with Crippen LogP contribution in [0.2, 0.25) is 0 Å². The molecule has 1 fully saturated rings. The molecule has 1 aliphatic rings. The molecule has 1 saturated heterocycles. The molecule has 0 aromatic carbocycles. The standard InChI is InChI=1S/C14H26N2OS.CH4/c1-6-11(7-2)8-10(5)15-14-16-13(17)12(18-14)9(3)4;/h9-12H,6-8H2,1-5H3,(H,15,16,17);1H4. The first-order chi connectivity index (χ1) is 8.47. The molecule has 3 nitrogen and oxygen atoms in total. The third-order valence-corrected chi connectivity index (χ3v) is 4.94. The van der Waals surface area contributed by atoms with Crippen LogP contribution in [0.1, 0.15) is 61.3 Å². The molecule has 1 aliphatic heterocycles. The minimum Gasteiger partial charge on any atom is -0.304 e. The zero-order valence-corrected chi connectivity index (χ0v) is 13.0. The summed E-state index contributed by atoms with van der Waals surface area (Å²) in [6.07, 6.45) is 3.53.